The molecule has 1 aromatic carbocycles. The Morgan fingerprint density at radius 1 is 1.03 bits per heavy atom. The number of halogens is 1. The molecule has 0 atom stereocenters. The molecule has 0 bridgehead atoms. The normalized spacial score (nSPS) is 18.4. The molecule has 3 amide bonds. The highest BCUT2D eigenvalue weighted by Gasteiger charge is 2.29. The molecule has 1 aliphatic carbocycles. The Balaban J connectivity index is 1.63. The number of carbonyl (C=O) groups excluding carboxylic acids is 3. The summed E-state index contributed by atoms with van der Waals surface area (Å²) in [5.74, 6) is -0.205. The first kappa shape index (κ1) is 21.8. The molecule has 2 N–H and O–H groups in total. The molecule has 158 valence electrons. The number of para-hydroxylation sites is 1. The Morgan fingerprint density at radius 2 is 1.73 bits per heavy atom. The van der Waals surface area contributed by atoms with Crippen molar-refractivity contribution in [3.63, 3.8) is 0 Å². The van der Waals surface area contributed by atoms with Crippen molar-refractivity contribution >= 4 is 40.8 Å². The SMILES string of the molecule is CC(=O)N(C)[C@H]1CC[C@H](C(=O)Nc2ccccc2C(=O)Nc2ccc(Cl)cn2)CC1. The van der Waals surface area contributed by atoms with Crippen molar-refractivity contribution in [2.45, 2.75) is 38.6 Å². The van der Waals surface area contributed by atoms with Crippen molar-refractivity contribution in [3.05, 3.63) is 53.2 Å². The summed E-state index contributed by atoms with van der Waals surface area (Å²) in [4.78, 5) is 42.8. The molecule has 0 aliphatic heterocycles. The number of anilines is 2. The van der Waals surface area contributed by atoms with Gasteiger partial charge in [0.2, 0.25) is 11.8 Å². The minimum atomic E-state index is -0.368. The van der Waals surface area contributed by atoms with Crippen molar-refractivity contribution < 1.29 is 14.4 Å². The molecular formula is C22H25ClN4O3. The largest absolute Gasteiger partial charge is 0.343 e. The van der Waals surface area contributed by atoms with Crippen molar-refractivity contribution in [1.82, 2.24) is 9.88 Å². The number of hydrogen-bond donors (Lipinski definition) is 2. The molecule has 7 nitrogen and oxygen atoms in total. The molecule has 1 aromatic heterocycles. The van der Waals surface area contributed by atoms with Gasteiger partial charge in [-0.3, -0.25) is 14.4 Å². The second-order valence-corrected chi connectivity index (χ2v) is 7.92. The molecule has 1 aliphatic rings. The number of nitrogens with zero attached hydrogens (tertiary/aromatic N) is 2. The molecule has 1 heterocycles. The van der Waals surface area contributed by atoms with Gasteiger partial charge in [0.15, 0.2) is 0 Å². The molecule has 0 unspecified atom stereocenters. The second-order valence-electron chi connectivity index (χ2n) is 7.49. The predicted molar refractivity (Wildman–Crippen MR) is 116 cm³/mol. The average molecular weight is 429 g/mol. The second kappa shape index (κ2) is 9.71. The molecular weight excluding hydrogens is 404 g/mol. The van der Waals surface area contributed by atoms with Gasteiger partial charge in [0.05, 0.1) is 16.3 Å². The third kappa shape index (κ3) is 5.36. The Labute approximate surface area is 180 Å². The summed E-state index contributed by atoms with van der Waals surface area (Å²) in [7, 11) is 1.80. The molecule has 8 heteroatoms. The summed E-state index contributed by atoms with van der Waals surface area (Å²) in [5.41, 5.74) is 0.810. The zero-order valence-electron chi connectivity index (χ0n) is 17.0. The van der Waals surface area contributed by atoms with E-state index >= 15 is 0 Å². The zero-order chi connectivity index (χ0) is 21.7. The van der Waals surface area contributed by atoms with Crippen molar-refractivity contribution in [3.8, 4) is 0 Å². The molecule has 30 heavy (non-hydrogen) atoms. The fraction of sp³-hybridized carbons (Fsp3) is 0.364. The van der Waals surface area contributed by atoms with E-state index in [1.54, 1.807) is 55.3 Å². The molecule has 1 saturated carbocycles. The van der Waals surface area contributed by atoms with E-state index in [-0.39, 0.29) is 29.7 Å². The van der Waals surface area contributed by atoms with Gasteiger partial charge in [-0.1, -0.05) is 23.7 Å². The Morgan fingerprint density at radius 3 is 2.37 bits per heavy atom. The van der Waals surface area contributed by atoms with E-state index in [4.69, 9.17) is 11.6 Å². The van der Waals surface area contributed by atoms with Crippen LogP contribution in [0, 0.1) is 5.92 Å². The summed E-state index contributed by atoms with van der Waals surface area (Å²) in [6.07, 6.45) is 4.44. The van der Waals surface area contributed by atoms with Gasteiger partial charge >= 0.3 is 0 Å². The van der Waals surface area contributed by atoms with Gasteiger partial charge in [0, 0.05) is 32.1 Å². The Hall–Kier alpha value is -2.93. The molecule has 2 aromatic rings. The highest BCUT2D eigenvalue weighted by molar-refractivity contribution is 6.30. The van der Waals surface area contributed by atoms with Crippen molar-refractivity contribution in [2.24, 2.45) is 5.92 Å². The van der Waals surface area contributed by atoms with Crippen LogP contribution in [0.15, 0.2) is 42.6 Å². The smallest absolute Gasteiger partial charge is 0.258 e. The Kier molecular flexibility index (Phi) is 7.05. The van der Waals surface area contributed by atoms with Crippen LogP contribution in [0.4, 0.5) is 11.5 Å². The van der Waals surface area contributed by atoms with Crippen LogP contribution in [0.1, 0.15) is 43.0 Å². The minimum Gasteiger partial charge on any atom is -0.343 e. The predicted octanol–water partition coefficient (Wildman–Crippen LogP) is 3.96. The first-order chi connectivity index (χ1) is 14.3. The topological polar surface area (TPSA) is 91.4 Å². The van der Waals surface area contributed by atoms with Crippen LogP contribution in [-0.2, 0) is 9.59 Å². The highest BCUT2D eigenvalue weighted by atomic mass is 35.5. The Bertz CT molecular complexity index is 924. The van der Waals surface area contributed by atoms with Gasteiger partial charge in [0.1, 0.15) is 5.82 Å². The number of amides is 3. The van der Waals surface area contributed by atoms with E-state index in [9.17, 15) is 14.4 Å². The minimum absolute atomic E-state index is 0.0398. The summed E-state index contributed by atoms with van der Waals surface area (Å²) >= 11 is 5.82. The van der Waals surface area contributed by atoms with Gasteiger partial charge < -0.3 is 15.5 Å². The number of aromatic nitrogens is 1. The third-order valence-corrected chi connectivity index (χ3v) is 5.73. The zero-order valence-corrected chi connectivity index (χ0v) is 17.8. The number of hydrogen-bond acceptors (Lipinski definition) is 4. The lowest BCUT2D eigenvalue weighted by Gasteiger charge is -2.33. The van der Waals surface area contributed by atoms with E-state index < -0.39 is 0 Å². The molecule has 1 fully saturated rings. The number of nitrogens with one attached hydrogen (secondary N) is 2. The van der Waals surface area contributed by atoms with Gasteiger partial charge in [-0.25, -0.2) is 4.98 Å². The molecule has 3 rings (SSSR count). The van der Waals surface area contributed by atoms with Crippen LogP contribution in [0.5, 0.6) is 0 Å². The molecule has 0 radical (unpaired) electrons. The van der Waals surface area contributed by atoms with E-state index in [0.29, 0.717) is 34.9 Å². The highest BCUT2D eigenvalue weighted by Crippen LogP contribution is 2.29. The summed E-state index contributed by atoms with van der Waals surface area (Å²) in [5, 5.41) is 6.09. The summed E-state index contributed by atoms with van der Waals surface area (Å²) in [6.45, 7) is 1.56. The van der Waals surface area contributed by atoms with Gasteiger partial charge in [-0.15, -0.1) is 0 Å². The van der Waals surface area contributed by atoms with Gasteiger partial charge in [-0.2, -0.15) is 0 Å². The van der Waals surface area contributed by atoms with Crippen LogP contribution in [0.2, 0.25) is 5.02 Å². The van der Waals surface area contributed by atoms with Crippen LogP contribution in [0.25, 0.3) is 0 Å². The first-order valence-corrected chi connectivity index (χ1v) is 10.3. The quantitative estimate of drug-likeness (QED) is 0.753. The fourth-order valence-corrected chi connectivity index (χ4v) is 3.75. The maximum absolute atomic E-state index is 12.8. The number of pyridine rings is 1. The number of benzene rings is 1. The number of rotatable bonds is 5. The van der Waals surface area contributed by atoms with E-state index in [0.717, 1.165) is 12.8 Å². The van der Waals surface area contributed by atoms with E-state index in [1.165, 1.54) is 6.20 Å². The van der Waals surface area contributed by atoms with E-state index in [2.05, 4.69) is 15.6 Å². The lowest BCUT2D eigenvalue weighted by molar-refractivity contribution is -0.130. The van der Waals surface area contributed by atoms with Gasteiger partial charge in [0.25, 0.3) is 5.91 Å². The fourth-order valence-electron chi connectivity index (χ4n) is 3.64. The van der Waals surface area contributed by atoms with Gasteiger partial charge in [-0.05, 0) is 49.9 Å². The third-order valence-electron chi connectivity index (χ3n) is 5.51. The van der Waals surface area contributed by atoms with Crippen molar-refractivity contribution in [1.29, 1.82) is 0 Å². The van der Waals surface area contributed by atoms with E-state index in [1.807, 2.05) is 0 Å². The molecule has 0 saturated heterocycles. The average Bonchev–Trinajstić information content (AvgIpc) is 2.75. The standard InChI is InChI=1S/C22H25ClN4O3/c1-14(28)27(2)17-10-7-15(8-11-17)21(29)25-19-6-4-3-5-18(19)22(30)26-20-12-9-16(23)13-24-20/h3-6,9,12-13,15,17H,7-8,10-11H2,1-2H3,(H,25,29)(H,24,26,30)/t15-,17-. The maximum atomic E-state index is 12.8. The lowest BCUT2D eigenvalue weighted by atomic mass is 9.84. The van der Waals surface area contributed by atoms with Crippen LogP contribution in [0.3, 0.4) is 0 Å². The summed E-state index contributed by atoms with van der Waals surface area (Å²) in [6, 6.07) is 10.3. The van der Waals surface area contributed by atoms with Crippen LogP contribution in [-0.4, -0.2) is 40.7 Å². The number of carbonyl (C=O) groups is 3. The van der Waals surface area contributed by atoms with Crippen LogP contribution >= 0.6 is 11.6 Å². The van der Waals surface area contributed by atoms with Crippen LogP contribution < -0.4 is 10.6 Å². The summed E-state index contributed by atoms with van der Waals surface area (Å²) < 4.78 is 0. The lowest BCUT2D eigenvalue weighted by Crippen LogP contribution is -2.40. The maximum Gasteiger partial charge on any atom is 0.258 e. The monoisotopic (exact) mass is 428 g/mol. The first-order valence-electron chi connectivity index (χ1n) is 9.91. The van der Waals surface area contributed by atoms with Crippen molar-refractivity contribution in [2.75, 3.05) is 17.7 Å². The molecule has 0 spiro atoms.